The number of rotatable bonds is 7. The van der Waals surface area contributed by atoms with Gasteiger partial charge in [-0.25, -0.2) is 0 Å². The highest BCUT2D eigenvalue weighted by molar-refractivity contribution is 5.17. The Morgan fingerprint density at radius 2 is 2.15 bits per heavy atom. The van der Waals surface area contributed by atoms with Crippen LogP contribution in [0.2, 0.25) is 0 Å². The maximum Gasteiger partial charge on any atom is 0.0703 e. The molecule has 20 heavy (non-hydrogen) atoms. The summed E-state index contributed by atoms with van der Waals surface area (Å²) in [5, 5.41) is 0. The topological polar surface area (TPSA) is 51.4 Å². The van der Waals surface area contributed by atoms with E-state index in [1.54, 1.807) is 0 Å². The fourth-order valence-electron chi connectivity index (χ4n) is 3.00. The molecule has 1 aliphatic heterocycles. The molecule has 0 bridgehead atoms. The van der Waals surface area contributed by atoms with Crippen LogP contribution in [0.1, 0.15) is 44.7 Å². The highest BCUT2D eigenvalue weighted by Crippen LogP contribution is 2.26. The molecule has 0 spiro atoms. The molecule has 1 saturated heterocycles. The average molecular weight is 277 g/mol. The molecule has 2 N–H and O–H groups in total. The highest BCUT2D eigenvalue weighted by Gasteiger charge is 2.28. The van der Waals surface area contributed by atoms with Crippen LogP contribution < -0.4 is 5.73 Å². The quantitative estimate of drug-likeness (QED) is 0.831. The third-order valence-corrected chi connectivity index (χ3v) is 4.19. The number of hydrogen-bond donors (Lipinski definition) is 1. The van der Waals surface area contributed by atoms with Crippen molar-refractivity contribution in [1.29, 1.82) is 0 Å². The van der Waals surface area contributed by atoms with Crippen LogP contribution in [-0.2, 0) is 4.74 Å². The van der Waals surface area contributed by atoms with Crippen molar-refractivity contribution >= 4 is 0 Å². The molecule has 1 aromatic rings. The first-order chi connectivity index (χ1) is 9.76. The molecule has 3 unspecified atom stereocenters. The largest absolute Gasteiger partial charge is 0.377 e. The molecule has 0 amide bonds. The Kier molecular flexibility index (Phi) is 5.95. The first-order valence-electron chi connectivity index (χ1n) is 7.77. The maximum atomic E-state index is 6.40. The van der Waals surface area contributed by atoms with Crippen LogP contribution >= 0.6 is 0 Å². The predicted molar refractivity (Wildman–Crippen MR) is 81.5 cm³/mol. The monoisotopic (exact) mass is 277 g/mol. The lowest BCUT2D eigenvalue weighted by atomic mass is 9.96. The number of ether oxygens (including phenoxy) is 1. The number of likely N-dealkylation sites (N-methyl/N-ethyl adjacent to an activating group) is 1. The zero-order valence-corrected chi connectivity index (χ0v) is 12.7. The van der Waals surface area contributed by atoms with Crippen LogP contribution in [0.4, 0.5) is 0 Å². The molecule has 3 atom stereocenters. The van der Waals surface area contributed by atoms with Crippen molar-refractivity contribution in [2.45, 2.75) is 51.3 Å². The minimum atomic E-state index is 0.138. The minimum Gasteiger partial charge on any atom is -0.377 e. The van der Waals surface area contributed by atoms with Gasteiger partial charge in [0.1, 0.15) is 0 Å². The number of nitrogens with zero attached hydrogens (tertiary/aromatic N) is 2. The molecule has 4 heteroatoms. The van der Waals surface area contributed by atoms with Crippen LogP contribution in [0.5, 0.6) is 0 Å². The van der Waals surface area contributed by atoms with Gasteiger partial charge in [-0.3, -0.25) is 9.88 Å². The smallest absolute Gasteiger partial charge is 0.0703 e. The number of hydrogen-bond acceptors (Lipinski definition) is 4. The Morgan fingerprint density at radius 3 is 2.70 bits per heavy atom. The third kappa shape index (κ3) is 3.78. The molecular weight excluding hydrogens is 250 g/mol. The first-order valence-corrected chi connectivity index (χ1v) is 7.77. The molecule has 1 fully saturated rings. The van der Waals surface area contributed by atoms with E-state index in [-0.39, 0.29) is 12.1 Å². The lowest BCUT2D eigenvalue weighted by Crippen LogP contribution is -2.44. The van der Waals surface area contributed by atoms with Crippen LogP contribution in [0.25, 0.3) is 0 Å². The fraction of sp³-hybridized carbons (Fsp3) is 0.688. The van der Waals surface area contributed by atoms with Crippen molar-refractivity contribution in [3.05, 3.63) is 30.1 Å². The first kappa shape index (κ1) is 15.4. The van der Waals surface area contributed by atoms with E-state index in [4.69, 9.17) is 10.5 Å². The van der Waals surface area contributed by atoms with Gasteiger partial charge in [0.05, 0.1) is 12.1 Å². The van der Waals surface area contributed by atoms with Gasteiger partial charge in [-0.1, -0.05) is 13.8 Å². The standard InChI is InChI=1S/C16H27N3O/c1-3-15(17)16(13-7-9-18-10-8-13)19(4-2)12-14-6-5-11-20-14/h7-10,14-16H,3-6,11-12,17H2,1-2H3. The zero-order chi connectivity index (χ0) is 14.4. The molecule has 1 aromatic heterocycles. The van der Waals surface area contributed by atoms with Crippen molar-refractivity contribution < 1.29 is 4.74 Å². The normalized spacial score (nSPS) is 22.1. The summed E-state index contributed by atoms with van der Waals surface area (Å²) in [6.07, 6.45) is 7.39. The fourth-order valence-corrected chi connectivity index (χ4v) is 3.00. The second-order valence-corrected chi connectivity index (χ2v) is 5.52. The van der Waals surface area contributed by atoms with E-state index in [0.29, 0.717) is 6.10 Å². The van der Waals surface area contributed by atoms with Crippen LogP contribution in [0.15, 0.2) is 24.5 Å². The third-order valence-electron chi connectivity index (χ3n) is 4.19. The second kappa shape index (κ2) is 7.72. The maximum absolute atomic E-state index is 6.40. The Bertz CT molecular complexity index is 379. The molecule has 112 valence electrons. The summed E-state index contributed by atoms with van der Waals surface area (Å²) >= 11 is 0. The van der Waals surface area contributed by atoms with E-state index >= 15 is 0 Å². The van der Waals surface area contributed by atoms with Crippen molar-refractivity contribution in [2.75, 3.05) is 19.7 Å². The number of aromatic nitrogens is 1. The second-order valence-electron chi connectivity index (χ2n) is 5.52. The molecule has 2 heterocycles. The summed E-state index contributed by atoms with van der Waals surface area (Å²) in [7, 11) is 0. The summed E-state index contributed by atoms with van der Waals surface area (Å²) in [4.78, 5) is 6.58. The van der Waals surface area contributed by atoms with Gasteiger partial charge in [0.25, 0.3) is 0 Å². The van der Waals surface area contributed by atoms with Gasteiger partial charge in [0, 0.05) is 31.6 Å². The zero-order valence-electron chi connectivity index (χ0n) is 12.7. The Hall–Kier alpha value is -0.970. The lowest BCUT2D eigenvalue weighted by Gasteiger charge is -2.36. The Labute approximate surface area is 122 Å². The van der Waals surface area contributed by atoms with Gasteiger partial charge < -0.3 is 10.5 Å². The average Bonchev–Trinajstić information content (AvgIpc) is 3.00. The van der Waals surface area contributed by atoms with Crippen molar-refractivity contribution in [3.63, 3.8) is 0 Å². The summed E-state index contributed by atoms with van der Waals surface area (Å²) < 4.78 is 5.79. The van der Waals surface area contributed by atoms with Gasteiger partial charge in [-0.2, -0.15) is 0 Å². The summed E-state index contributed by atoms with van der Waals surface area (Å²) in [6.45, 7) is 7.21. The number of nitrogens with two attached hydrogens (primary N) is 1. The highest BCUT2D eigenvalue weighted by atomic mass is 16.5. The molecule has 0 aliphatic carbocycles. The minimum absolute atomic E-state index is 0.138. The van der Waals surface area contributed by atoms with E-state index in [1.165, 1.54) is 18.4 Å². The van der Waals surface area contributed by atoms with Crippen molar-refractivity contribution in [2.24, 2.45) is 5.73 Å². The van der Waals surface area contributed by atoms with Crippen LogP contribution in [0.3, 0.4) is 0 Å². The van der Waals surface area contributed by atoms with Crippen LogP contribution in [0, 0.1) is 0 Å². The summed E-state index contributed by atoms with van der Waals surface area (Å²) in [6, 6.07) is 4.55. The van der Waals surface area contributed by atoms with Gasteiger partial charge >= 0.3 is 0 Å². The molecule has 0 radical (unpaired) electrons. The molecule has 4 nitrogen and oxygen atoms in total. The number of pyridine rings is 1. The van der Waals surface area contributed by atoms with E-state index < -0.39 is 0 Å². The van der Waals surface area contributed by atoms with Gasteiger partial charge in [0.15, 0.2) is 0 Å². The molecular formula is C16H27N3O. The molecule has 2 rings (SSSR count). The lowest BCUT2D eigenvalue weighted by molar-refractivity contribution is 0.0531. The van der Waals surface area contributed by atoms with Crippen LogP contribution in [-0.4, -0.2) is 41.7 Å². The summed E-state index contributed by atoms with van der Waals surface area (Å²) in [5.74, 6) is 0. The summed E-state index contributed by atoms with van der Waals surface area (Å²) in [5.41, 5.74) is 7.66. The van der Waals surface area contributed by atoms with E-state index in [1.807, 2.05) is 12.4 Å². The molecule has 0 saturated carbocycles. The van der Waals surface area contributed by atoms with Gasteiger partial charge in [-0.05, 0) is 43.5 Å². The SMILES string of the molecule is CCC(N)C(c1ccncc1)N(CC)CC1CCCO1. The van der Waals surface area contributed by atoms with Gasteiger partial charge in [0.2, 0.25) is 0 Å². The van der Waals surface area contributed by atoms with Crippen molar-refractivity contribution in [1.82, 2.24) is 9.88 Å². The van der Waals surface area contributed by atoms with Gasteiger partial charge in [-0.15, -0.1) is 0 Å². The molecule has 0 aromatic carbocycles. The molecule has 1 aliphatic rings. The predicted octanol–water partition coefficient (Wildman–Crippen LogP) is 2.36. The van der Waals surface area contributed by atoms with E-state index in [2.05, 4.69) is 35.9 Å². The van der Waals surface area contributed by atoms with Crippen molar-refractivity contribution in [3.8, 4) is 0 Å². The Morgan fingerprint density at radius 1 is 1.40 bits per heavy atom. The van der Waals surface area contributed by atoms with E-state index in [0.717, 1.165) is 26.1 Å². The van der Waals surface area contributed by atoms with E-state index in [9.17, 15) is 0 Å². The Balaban J connectivity index is 2.14.